The number of nitrogens with zero attached hydrogens (tertiary/aromatic N) is 2. The zero-order valence-electron chi connectivity index (χ0n) is 26.9. The van der Waals surface area contributed by atoms with Crippen LogP contribution < -0.4 is 9.13 Å². The van der Waals surface area contributed by atoms with E-state index in [2.05, 4.69) is 204 Å². The second kappa shape index (κ2) is 10.8. The van der Waals surface area contributed by atoms with Gasteiger partial charge in [0.1, 0.15) is 11.1 Å². The second-order valence-electron chi connectivity index (χ2n) is 12.9. The van der Waals surface area contributed by atoms with Crippen molar-refractivity contribution < 1.29 is 9.13 Å². The molecule has 49 heavy (non-hydrogen) atoms. The summed E-state index contributed by atoms with van der Waals surface area (Å²) in [6.07, 6.45) is 4.64. The third kappa shape index (κ3) is 3.95. The van der Waals surface area contributed by atoms with Crippen molar-refractivity contribution >= 4 is 32.3 Å². The number of fused-ring (bicyclic) bond motifs is 7. The first kappa shape index (κ1) is 27.7. The van der Waals surface area contributed by atoms with Crippen molar-refractivity contribution in [2.24, 2.45) is 0 Å². The van der Waals surface area contributed by atoms with Crippen LogP contribution >= 0.6 is 0 Å². The number of rotatable bonds is 4. The molecule has 0 saturated heterocycles. The van der Waals surface area contributed by atoms with E-state index in [1.54, 1.807) is 0 Å². The molecular formula is C47H32N2+2. The maximum atomic E-state index is 2.56. The smallest absolute Gasteiger partial charge is 0.125 e. The molecule has 7 aromatic carbocycles. The van der Waals surface area contributed by atoms with Crippen LogP contribution in [0.3, 0.4) is 0 Å². The van der Waals surface area contributed by atoms with Crippen LogP contribution in [0.5, 0.6) is 0 Å². The van der Waals surface area contributed by atoms with Gasteiger partial charge in [-0.2, -0.15) is 0 Å². The van der Waals surface area contributed by atoms with Gasteiger partial charge in [-0.1, -0.05) is 127 Å². The highest BCUT2D eigenvalue weighted by atomic mass is 15.3. The molecule has 9 aromatic rings. The summed E-state index contributed by atoms with van der Waals surface area (Å²) in [5.41, 5.74) is 8.93. The lowest BCUT2D eigenvalue weighted by atomic mass is 9.82. The van der Waals surface area contributed by atoms with Crippen LogP contribution in [0.1, 0.15) is 11.1 Å². The van der Waals surface area contributed by atoms with E-state index in [0.29, 0.717) is 0 Å². The molecule has 2 nitrogen and oxygen atoms in total. The molecule has 0 saturated carbocycles. The van der Waals surface area contributed by atoms with Crippen molar-refractivity contribution in [3.63, 3.8) is 0 Å². The molecule has 0 radical (unpaired) electrons. The SMILES string of the molecule is c1ccc(-c2c([C@]3([n+]4ccc5ccccc5c4-c4ccccc4)c4ccccc4-c4c5ccccc5cc[n+]43)ccc3ccccc23)cc1. The third-order valence-corrected chi connectivity index (χ3v) is 10.4. The number of hydrogen-bond donors (Lipinski definition) is 0. The summed E-state index contributed by atoms with van der Waals surface area (Å²) in [6.45, 7) is 0. The van der Waals surface area contributed by atoms with Crippen LogP contribution in [-0.4, -0.2) is 0 Å². The van der Waals surface area contributed by atoms with Gasteiger partial charge in [0, 0.05) is 23.3 Å². The normalized spacial score (nSPS) is 15.0. The molecule has 0 aliphatic carbocycles. The molecule has 3 heterocycles. The van der Waals surface area contributed by atoms with E-state index in [0.717, 1.165) is 0 Å². The van der Waals surface area contributed by atoms with E-state index in [9.17, 15) is 0 Å². The Labute approximate surface area is 285 Å². The molecule has 228 valence electrons. The van der Waals surface area contributed by atoms with Crippen molar-refractivity contribution in [3.8, 4) is 33.6 Å². The van der Waals surface area contributed by atoms with Gasteiger partial charge in [0.05, 0.1) is 16.3 Å². The zero-order chi connectivity index (χ0) is 32.4. The summed E-state index contributed by atoms with van der Waals surface area (Å²) < 4.78 is 5.11. The van der Waals surface area contributed by atoms with E-state index in [1.807, 2.05) is 0 Å². The summed E-state index contributed by atoms with van der Waals surface area (Å²) in [4.78, 5) is 0. The second-order valence-corrected chi connectivity index (χ2v) is 12.9. The van der Waals surface area contributed by atoms with Crippen LogP contribution in [0.15, 0.2) is 194 Å². The minimum atomic E-state index is -0.791. The largest absolute Gasteiger partial charge is 0.417 e. The minimum Gasteiger partial charge on any atom is -0.125 e. The minimum absolute atomic E-state index is 0.791. The Morgan fingerprint density at radius 1 is 0.327 bits per heavy atom. The van der Waals surface area contributed by atoms with E-state index < -0.39 is 5.66 Å². The monoisotopic (exact) mass is 624 g/mol. The zero-order valence-corrected chi connectivity index (χ0v) is 26.9. The first-order chi connectivity index (χ1) is 24.3. The van der Waals surface area contributed by atoms with Gasteiger partial charge in [0.15, 0.2) is 12.4 Å². The highest BCUT2D eigenvalue weighted by Crippen LogP contribution is 2.48. The summed E-state index contributed by atoms with van der Waals surface area (Å²) in [5, 5.41) is 7.36. The lowest BCUT2D eigenvalue weighted by molar-refractivity contribution is -0.958. The van der Waals surface area contributed by atoms with Crippen molar-refractivity contribution in [1.82, 2.24) is 0 Å². The van der Waals surface area contributed by atoms with Crippen molar-refractivity contribution in [2.75, 3.05) is 0 Å². The Hall–Kier alpha value is -6.38. The molecule has 0 unspecified atom stereocenters. The van der Waals surface area contributed by atoms with E-state index in [-0.39, 0.29) is 0 Å². The Morgan fingerprint density at radius 2 is 0.816 bits per heavy atom. The lowest BCUT2D eigenvalue weighted by Gasteiger charge is -2.26. The summed E-state index contributed by atoms with van der Waals surface area (Å²) in [5.74, 6) is 0. The summed E-state index contributed by atoms with van der Waals surface area (Å²) >= 11 is 0. The molecule has 10 rings (SSSR count). The molecule has 0 fully saturated rings. The van der Waals surface area contributed by atoms with Crippen molar-refractivity contribution in [2.45, 2.75) is 5.66 Å². The molecule has 0 spiro atoms. The van der Waals surface area contributed by atoms with E-state index in [1.165, 1.54) is 77.1 Å². The number of benzene rings is 7. The summed E-state index contributed by atoms with van der Waals surface area (Å²) in [6, 6.07) is 66.5. The van der Waals surface area contributed by atoms with Crippen LogP contribution in [0.2, 0.25) is 0 Å². The molecule has 1 atom stereocenters. The van der Waals surface area contributed by atoms with Gasteiger partial charge >= 0.3 is 5.66 Å². The van der Waals surface area contributed by atoms with Crippen LogP contribution in [0.25, 0.3) is 66.0 Å². The third-order valence-electron chi connectivity index (χ3n) is 10.4. The standard InChI is InChI=1S/C47H32N2/c1-3-18-36(19-4-1)44-38-22-10-7-15-33(38)27-28-43(44)47(48-31-29-34-16-8-11-23-39(34)45(48)37-20-5-2-6-21-37)42-26-14-13-25-41(42)46-40-24-12-9-17-35(40)30-32-49(46)47/h1-32H/q+2/t47-/m0/s1. The molecule has 2 aromatic heterocycles. The van der Waals surface area contributed by atoms with Crippen LogP contribution in [-0.2, 0) is 5.66 Å². The first-order valence-electron chi connectivity index (χ1n) is 16.9. The van der Waals surface area contributed by atoms with Gasteiger partial charge in [-0.3, -0.25) is 0 Å². The highest BCUT2D eigenvalue weighted by Gasteiger charge is 2.63. The lowest BCUT2D eigenvalue weighted by Crippen LogP contribution is -2.73. The average Bonchev–Trinajstić information content (AvgIpc) is 3.49. The van der Waals surface area contributed by atoms with Gasteiger partial charge in [-0.15, -0.1) is 9.13 Å². The fourth-order valence-corrected chi connectivity index (χ4v) is 8.39. The predicted octanol–water partition coefficient (Wildman–Crippen LogP) is 10.3. The van der Waals surface area contributed by atoms with Crippen molar-refractivity contribution in [3.05, 3.63) is 206 Å². The fraction of sp³-hybridized carbons (Fsp3) is 0.0213. The Morgan fingerprint density at radius 3 is 1.49 bits per heavy atom. The van der Waals surface area contributed by atoms with Gasteiger partial charge in [-0.05, 0) is 69.6 Å². The first-order valence-corrected chi connectivity index (χ1v) is 16.9. The molecule has 0 amide bonds. The van der Waals surface area contributed by atoms with Gasteiger partial charge in [0.2, 0.25) is 11.4 Å². The Balaban J connectivity index is 1.48. The number of hydrogen-bond acceptors (Lipinski definition) is 0. The number of pyridine rings is 2. The molecule has 1 aliphatic rings. The topological polar surface area (TPSA) is 7.76 Å². The number of aromatic nitrogens is 2. The summed E-state index contributed by atoms with van der Waals surface area (Å²) in [7, 11) is 0. The average molecular weight is 625 g/mol. The molecular weight excluding hydrogens is 593 g/mol. The van der Waals surface area contributed by atoms with Gasteiger partial charge < -0.3 is 0 Å². The Kier molecular flexibility index (Phi) is 6.13. The van der Waals surface area contributed by atoms with Gasteiger partial charge in [0.25, 0.3) is 0 Å². The fourth-order valence-electron chi connectivity index (χ4n) is 8.39. The van der Waals surface area contributed by atoms with Crippen LogP contribution in [0, 0.1) is 0 Å². The van der Waals surface area contributed by atoms with Crippen LogP contribution in [0.4, 0.5) is 0 Å². The molecule has 0 N–H and O–H groups in total. The Bertz CT molecular complexity index is 2590. The quantitative estimate of drug-likeness (QED) is 0.172. The maximum absolute atomic E-state index is 2.56. The highest BCUT2D eigenvalue weighted by molar-refractivity contribution is 6.00. The molecule has 1 aliphatic heterocycles. The van der Waals surface area contributed by atoms with E-state index in [4.69, 9.17) is 0 Å². The molecule has 2 heteroatoms. The predicted molar refractivity (Wildman–Crippen MR) is 200 cm³/mol. The maximum Gasteiger partial charge on any atom is 0.417 e. The van der Waals surface area contributed by atoms with E-state index >= 15 is 0 Å². The van der Waals surface area contributed by atoms with Crippen molar-refractivity contribution in [1.29, 1.82) is 0 Å². The van der Waals surface area contributed by atoms with Gasteiger partial charge in [-0.25, -0.2) is 0 Å². The molecule has 0 bridgehead atoms.